The number of hydrogen-bond donors (Lipinski definition) is 1. The van der Waals surface area contributed by atoms with Gasteiger partial charge in [-0.15, -0.1) is 0 Å². The third kappa shape index (κ3) is 2.88. The average molecular weight is 239 g/mol. The Bertz CT molecular complexity index is 392. The Kier molecular flexibility index (Phi) is 4.78. The second kappa shape index (κ2) is 6.10. The first-order chi connectivity index (χ1) is 8.17. The summed E-state index contributed by atoms with van der Waals surface area (Å²) in [5.41, 5.74) is 6.28. The molecule has 0 saturated heterocycles. The van der Waals surface area contributed by atoms with E-state index in [4.69, 9.17) is 19.9 Å². The van der Waals surface area contributed by atoms with E-state index in [0.717, 1.165) is 0 Å². The monoisotopic (exact) mass is 239 g/mol. The van der Waals surface area contributed by atoms with Gasteiger partial charge in [-0.05, 0) is 6.07 Å². The standard InChI is InChI=1S/C12H17NO4/c1-15-8-4-5-9(11(6-8)16-2)10(7-13)12(14)17-3/h4-6,10H,7,13H2,1-3H3. The topological polar surface area (TPSA) is 70.8 Å². The number of carbonyl (C=O) groups is 1. The highest BCUT2D eigenvalue weighted by Crippen LogP contribution is 2.30. The number of carbonyl (C=O) groups excluding carboxylic acids is 1. The van der Waals surface area contributed by atoms with Crippen molar-refractivity contribution in [1.82, 2.24) is 0 Å². The molecule has 0 heterocycles. The third-order valence-corrected chi connectivity index (χ3v) is 2.54. The predicted octanol–water partition coefficient (Wildman–Crippen LogP) is 0.919. The molecule has 17 heavy (non-hydrogen) atoms. The van der Waals surface area contributed by atoms with Crippen molar-refractivity contribution >= 4 is 5.97 Å². The maximum absolute atomic E-state index is 11.6. The van der Waals surface area contributed by atoms with Crippen molar-refractivity contribution in [3.05, 3.63) is 23.8 Å². The maximum Gasteiger partial charge on any atom is 0.314 e. The van der Waals surface area contributed by atoms with Crippen LogP contribution in [0.1, 0.15) is 11.5 Å². The summed E-state index contributed by atoms with van der Waals surface area (Å²) in [6.07, 6.45) is 0. The SMILES string of the molecule is COC(=O)C(CN)c1ccc(OC)cc1OC. The molecule has 94 valence electrons. The van der Waals surface area contributed by atoms with Gasteiger partial charge in [-0.1, -0.05) is 6.07 Å². The summed E-state index contributed by atoms with van der Waals surface area (Å²) in [4.78, 5) is 11.6. The predicted molar refractivity (Wildman–Crippen MR) is 63.4 cm³/mol. The van der Waals surface area contributed by atoms with Gasteiger partial charge in [-0.2, -0.15) is 0 Å². The summed E-state index contributed by atoms with van der Waals surface area (Å²) in [6, 6.07) is 5.22. The molecule has 0 saturated carbocycles. The third-order valence-electron chi connectivity index (χ3n) is 2.54. The largest absolute Gasteiger partial charge is 0.497 e. The lowest BCUT2D eigenvalue weighted by molar-refractivity contribution is -0.142. The molecule has 1 unspecified atom stereocenters. The van der Waals surface area contributed by atoms with Gasteiger partial charge in [0.05, 0.1) is 27.2 Å². The molecular formula is C12H17NO4. The van der Waals surface area contributed by atoms with Gasteiger partial charge in [0.1, 0.15) is 11.5 Å². The molecule has 0 aromatic heterocycles. The molecule has 0 spiro atoms. The van der Waals surface area contributed by atoms with E-state index in [2.05, 4.69) is 0 Å². The molecule has 5 heteroatoms. The van der Waals surface area contributed by atoms with Crippen LogP contribution in [-0.2, 0) is 9.53 Å². The lowest BCUT2D eigenvalue weighted by atomic mass is 9.98. The number of nitrogens with two attached hydrogens (primary N) is 1. The minimum atomic E-state index is -0.527. The van der Waals surface area contributed by atoms with Gasteiger partial charge >= 0.3 is 5.97 Å². The van der Waals surface area contributed by atoms with E-state index in [1.54, 1.807) is 25.3 Å². The normalized spacial score (nSPS) is 11.8. The molecule has 0 aliphatic rings. The fourth-order valence-corrected chi connectivity index (χ4v) is 1.60. The van der Waals surface area contributed by atoms with E-state index < -0.39 is 5.92 Å². The second-order valence-electron chi connectivity index (χ2n) is 3.42. The number of hydrogen-bond acceptors (Lipinski definition) is 5. The molecule has 0 aliphatic heterocycles. The molecule has 1 rings (SSSR count). The Labute approximate surface area is 100 Å². The van der Waals surface area contributed by atoms with Gasteiger partial charge in [0.15, 0.2) is 0 Å². The van der Waals surface area contributed by atoms with Gasteiger partial charge < -0.3 is 19.9 Å². The van der Waals surface area contributed by atoms with Crippen molar-refractivity contribution in [2.45, 2.75) is 5.92 Å². The number of methoxy groups -OCH3 is 3. The zero-order chi connectivity index (χ0) is 12.8. The fraction of sp³-hybridized carbons (Fsp3) is 0.417. The minimum Gasteiger partial charge on any atom is -0.497 e. The van der Waals surface area contributed by atoms with Crippen molar-refractivity contribution < 1.29 is 19.0 Å². The number of benzene rings is 1. The summed E-state index contributed by atoms with van der Waals surface area (Å²) in [6.45, 7) is 0.162. The quantitative estimate of drug-likeness (QED) is 0.774. The smallest absolute Gasteiger partial charge is 0.314 e. The van der Waals surface area contributed by atoms with Gasteiger partial charge in [-0.3, -0.25) is 4.79 Å². The van der Waals surface area contributed by atoms with E-state index in [1.165, 1.54) is 14.2 Å². The van der Waals surface area contributed by atoms with E-state index in [1.807, 2.05) is 0 Å². The number of ether oxygens (including phenoxy) is 3. The van der Waals surface area contributed by atoms with E-state index in [0.29, 0.717) is 17.1 Å². The lowest BCUT2D eigenvalue weighted by Crippen LogP contribution is -2.23. The van der Waals surface area contributed by atoms with E-state index in [-0.39, 0.29) is 12.5 Å². The maximum atomic E-state index is 11.6. The first kappa shape index (κ1) is 13.3. The lowest BCUT2D eigenvalue weighted by Gasteiger charge is -2.16. The second-order valence-corrected chi connectivity index (χ2v) is 3.42. The van der Waals surface area contributed by atoms with E-state index >= 15 is 0 Å². The highest BCUT2D eigenvalue weighted by atomic mass is 16.5. The summed E-state index contributed by atoms with van der Waals surface area (Å²) in [7, 11) is 4.43. The average Bonchev–Trinajstić information content (AvgIpc) is 2.39. The molecule has 0 aliphatic carbocycles. The Morgan fingerprint density at radius 2 is 2.00 bits per heavy atom. The highest BCUT2D eigenvalue weighted by Gasteiger charge is 2.23. The van der Waals surface area contributed by atoms with Crippen molar-refractivity contribution in [1.29, 1.82) is 0 Å². The van der Waals surface area contributed by atoms with Crippen LogP contribution < -0.4 is 15.2 Å². The van der Waals surface area contributed by atoms with Gasteiger partial charge in [-0.25, -0.2) is 0 Å². The first-order valence-corrected chi connectivity index (χ1v) is 5.17. The summed E-state index contributed by atoms with van der Waals surface area (Å²) in [5.74, 6) is 0.313. The Morgan fingerprint density at radius 1 is 1.29 bits per heavy atom. The molecule has 5 nitrogen and oxygen atoms in total. The fourth-order valence-electron chi connectivity index (χ4n) is 1.60. The van der Waals surface area contributed by atoms with Gasteiger partial charge in [0.25, 0.3) is 0 Å². The van der Waals surface area contributed by atoms with Gasteiger partial charge in [0.2, 0.25) is 0 Å². The molecule has 1 atom stereocenters. The molecule has 1 aromatic carbocycles. The Balaban J connectivity index is 3.14. The Hall–Kier alpha value is -1.75. The summed E-state index contributed by atoms with van der Waals surface area (Å²) in [5, 5.41) is 0. The van der Waals surface area contributed by atoms with Crippen molar-refractivity contribution in [2.75, 3.05) is 27.9 Å². The van der Waals surface area contributed by atoms with Gasteiger partial charge in [0, 0.05) is 18.2 Å². The minimum absolute atomic E-state index is 0.162. The van der Waals surface area contributed by atoms with Crippen LogP contribution in [-0.4, -0.2) is 33.8 Å². The molecule has 0 radical (unpaired) electrons. The van der Waals surface area contributed by atoms with Crippen LogP contribution in [0.4, 0.5) is 0 Å². The van der Waals surface area contributed by atoms with Crippen LogP contribution in [0.5, 0.6) is 11.5 Å². The van der Waals surface area contributed by atoms with Crippen LogP contribution in [0.15, 0.2) is 18.2 Å². The molecule has 1 aromatic rings. The molecule has 2 N–H and O–H groups in total. The number of esters is 1. The van der Waals surface area contributed by atoms with E-state index in [9.17, 15) is 4.79 Å². The van der Waals surface area contributed by atoms with Crippen LogP contribution in [0.2, 0.25) is 0 Å². The molecule has 0 fully saturated rings. The van der Waals surface area contributed by atoms with Crippen molar-refractivity contribution in [3.8, 4) is 11.5 Å². The zero-order valence-electron chi connectivity index (χ0n) is 10.2. The summed E-state index contributed by atoms with van der Waals surface area (Å²) < 4.78 is 15.0. The van der Waals surface area contributed by atoms with Crippen molar-refractivity contribution in [3.63, 3.8) is 0 Å². The van der Waals surface area contributed by atoms with Crippen LogP contribution in [0, 0.1) is 0 Å². The van der Waals surface area contributed by atoms with Crippen molar-refractivity contribution in [2.24, 2.45) is 5.73 Å². The van der Waals surface area contributed by atoms with Crippen LogP contribution in [0.25, 0.3) is 0 Å². The number of rotatable bonds is 5. The van der Waals surface area contributed by atoms with Crippen LogP contribution in [0.3, 0.4) is 0 Å². The molecular weight excluding hydrogens is 222 g/mol. The Morgan fingerprint density at radius 3 is 2.47 bits per heavy atom. The van der Waals surface area contributed by atoms with Crippen LogP contribution >= 0.6 is 0 Å². The first-order valence-electron chi connectivity index (χ1n) is 5.17. The molecule has 0 bridgehead atoms. The highest BCUT2D eigenvalue weighted by molar-refractivity contribution is 5.79. The molecule has 0 amide bonds. The summed E-state index contributed by atoms with van der Waals surface area (Å²) >= 11 is 0. The zero-order valence-corrected chi connectivity index (χ0v) is 10.2.